The highest BCUT2D eigenvalue weighted by atomic mass is 16.5. The second-order valence-corrected chi connectivity index (χ2v) is 5.61. The molecule has 128 valence electrons. The van der Waals surface area contributed by atoms with Gasteiger partial charge >= 0.3 is 6.03 Å². The van der Waals surface area contributed by atoms with E-state index in [-0.39, 0.29) is 6.03 Å². The van der Waals surface area contributed by atoms with E-state index >= 15 is 0 Å². The number of nitrogens with zero attached hydrogens (tertiary/aromatic N) is 2. The lowest BCUT2D eigenvalue weighted by molar-refractivity contribution is 0.251. The monoisotopic (exact) mass is 336 g/mol. The Hall–Kier alpha value is -3.28. The molecule has 3 rings (SSSR count). The molecule has 6 heteroatoms. The number of carbonyl (C=O) groups is 1. The van der Waals surface area contributed by atoms with E-state index in [1.54, 1.807) is 24.1 Å². The molecule has 0 aliphatic heterocycles. The fraction of sp³-hybridized carbons (Fsp3) is 0.158. The Morgan fingerprint density at radius 2 is 2.00 bits per heavy atom. The first-order valence-corrected chi connectivity index (χ1v) is 7.91. The maximum absolute atomic E-state index is 12.1. The van der Waals surface area contributed by atoms with E-state index in [1.807, 2.05) is 55.7 Å². The Morgan fingerprint density at radius 1 is 1.20 bits per heavy atom. The largest absolute Gasteiger partial charge is 0.496 e. The molecule has 0 aliphatic rings. The van der Waals surface area contributed by atoms with Crippen molar-refractivity contribution >= 4 is 11.7 Å². The summed E-state index contributed by atoms with van der Waals surface area (Å²) in [5, 5.41) is 9.82. The molecular formula is C19H20N4O2. The second-order valence-electron chi connectivity index (χ2n) is 5.61. The van der Waals surface area contributed by atoms with Gasteiger partial charge in [0.15, 0.2) is 0 Å². The summed E-state index contributed by atoms with van der Waals surface area (Å²) in [5.74, 6) is 0.675. The molecule has 0 aliphatic carbocycles. The van der Waals surface area contributed by atoms with Crippen LogP contribution in [0.25, 0.3) is 11.1 Å². The molecule has 1 aromatic heterocycles. The van der Waals surface area contributed by atoms with Crippen LogP contribution >= 0.6 is 0 Å². The van der Waals surface area contributed by atoms with Gasteiger partial charge < -0.3 is 15.4 Å². The van der Waals surface area contributed by atoms with Crippen molar-refractivity contribution < 1.29 is 9.53 Å². The predicted octanol–water partition coefficient (Wildman–Crippen LogP) is 3.42. The van der Waals surface area contributed by atoms with E-state index in [0.29, 0.717) is 18.0 Å². The summed E-state index contributed by atoms with van der Waals surface area (Å²) in [6.07, 6.45) is 3.69. The smallest absolute Gasteiger partial charge is 0.319 e. The highest BCUT2D eigenvalue weighted by Gasteiger charge is 2.10. The number of hydrogen-bond acceptors (Lipinski definition) is 3. The summed E-state index contributed by atoms with van der Waals surface area (Å²) in [6.45, 7) is 0.470. The quantitative estimate of drug-likeness (QED) is 0.750. The molecule has 0 unspecified atom stereocenters. The molecule has 2 N–H and O–H groups in total. The Balaban J connectivity index is 1.67. The SMILES string of the molecule is COc1cc(NC(=O)NCc2ccccc2)ccc1-c1cnn(C)c1. The average molecular weight is 336 g/mol. The fourth-order valence-electron chi connectivity index (χ4n) is 2.52. The van der Waals surface area contributed by atoms with Gasteiger partial charge in [-0.25, -0.2) is 4.79 Å². The summed E-state index contributed by atoms with van der Waals surface area (Å²) in [6, 6.07) is 15.0. The maximum Gasteiger partial charge on any atom is 0.319 e. The lowest BCUT2D eigenvalue weighted by atomic mass is 10.1. The lowest BCUT2D eigenvalue weighted by Gasteiger charge is -2.11. The molecule has 0 atom stereocenters. The van der Waals surface area contributed by atoms with Crippen LogP contribution in [-0.2, 0) is 13.6 Å². The van der Waals surface area contributed by atoms with Crippen LogP contribution in [0.5, 0.6) is 5.75 Å². The molecule has 2 aromatic carbocycles. The first-order valence-electron chi connectivity index (χ1n) is 7.91. The minimum absolute atomic E-state index is 0.264. The zero-order valence-electron chi connectivity index (χ0n) is 14.2. The summed E-state index contributed by atoms with van der Waals surface area (Å²) < 4.78 is 7.19. The van der Waals surface area contributed by atoms with Crippen LogP contribution in [0.1, 0.15) is 5.56 Å². The van der Waals surface area contributed by atoms with Gasteiger partial charge in [0, 0.05) is 42.7 Å². The summed E-state index contributed by atoms with van der Waals surface area (Å²) in [5.41, 5.74) is 3.59. The van der Waals surface area contributed by atoms with E-state index in [0.717, 1.165) is 16.7 Å². The van der Waals surface area contributed by atoms with Gasteiger partial charge in [-0.05, 0) is 17.7 Å². The van der Waals surface area contributed by atoms with E-state index in [1.165, 1.54) is 0 Å². The molecule has 0 fully saturated rings. The summed E-state index contributed by atoms with van der Waals surface area (Å²) >= 11 is 0. The zero-order valence-corrected chi connectivity index (χ0v) is 14.2. The van der Waals surface area contributed by atoms with E-state index in [4.69, 9.17) is 4.74 Å². The van der Waals surface area contributed by atoms with Crippen molar-refractivity contribution in [3.8, 4) is 16.9 Å². The van der Waals surface area contributed by atoms with Crippen LogP contribution in [0.2, 0.25) is 0 Å². The van der Waals surface area contributed by atoms with Crippen molar-refractivity contribution in [1.29, 1.82) is 0 Å². The molecule has 3 aromatic rings. The van der Waals surface area contributed by atoms with Crippen molar-refractivity contribution in [2.75, 3.05) is 12.4 Å². The van der Waals surface area contributed by atoms with Gasteiger partial charge in [0.1, 0.15) is 5.75 Å². The fourth-order valence-corrected chi connectivity index (χ4v) is 2.52. The first kappa shape index (κ1) is 16.6. The standard InChI is InChI=1S/C19H20N4O2/c1-23-13-15(12-21-23)17-9-8-16(10-18(17)25-2)22-19(24)20-11-14-6-4-3-5-7-14/h3-10,12-13H,11H2,1-2H3,(H2,20,22,24). The summed E-state index contributed by atoms with van der Waals surface area (Å²) in [4.78, 5) is 12.1. The highest BCUT2D eigenvalue weighted by molar-refractivity contribution is 5.90. The van der Waals surface area contributed by atoms with Gasteiger partial charge in [-0.3, -0.25) is 4.68 Å². The van der Waals surface area contributed by atoms with Crippen LogP contribution in [0, 0.1) is 0 Å². The van der Waals surface area contributed by atoms with Crippen molar-refractivity contribution in [3.63, 3.8) is 0 Å². The number of urea groups is 1. The van der Waals surface area contributed by atoms with Gasteiger partial charge in [-0.2, -0.15) is 5.10 Å². The number of benzene rings is 2. The lowest BCUT2D eigenvalue weighted by Crippen LogP contribution is -2.28. The number of ether oxygens (including phenoxy) is 1. The number of carbonyl (C=O) groups excluding carboxylic acids is 1. The number of aromatic nitrogens is 2. The molecule has 6 nitrogen and oxygen atoms in total. The Kier molecular flexibility index (Phi) is 4.99. The van der Waals surface area contributed by atoms with Crippen LogP contribution in [0.3, 0.4) is 0 Å². The molecule has 25 heavy (non-hydrogen) atoms. The molecule has 2 amide bonds. The van der Waals surface area contributed by atoms with E-state index in [2.05, 4.69) is 15.7 Å². The number of hydrogen-bond donors (Lipinski definition) is 2. The minimum Gasteiger partial charge on any atom is -0.496 e. The van der Waals surface area contributed by atoms with Gasteiger partial charge in [0.25, 0.3) is 0 Å². The molecule has 0 bridgehead atoms. The van der Waals surface area contributed by atoms with Crippen LogP contribution < -0.4 is 15.4 Å². The third-order valence-electron chi connectivity index (χ3n) is 3.77. The molecule has 0 saturated carbocycles. The van der Waals surface area contributed by atoms with E-state index < -0.39 is 0 Å². The van der Waals surface area contributed by atoms with Crippen LogP contribution in [0.15, 0.2) is 60.9 Å². The maximum atomic E-state index is 12.1. The van der Waals surface area contributed by atoms with Gasteiger partial charge in [-0.1, -0.05) is 30.3 Å². The number of amides is 2. The number of rotatable bonds is 5. The minimum atomic E-state index is -0.264. The normalized spacial score (nSPS) is 10.3. The third kappa shape index (κ3) is 4.17. The molecule has 0 saturated heterocycles. The third-order valence-corrected chi connectivity index (χ3v) is 3.77. The van der Waals surface area contributed by atoms with Crippen molar-refractivity contribution in [2.24, 2.45) is 7.05 Å². The molecule has 1 heterocycles. The Labute approximate surface area is 146 Å². The number of methoxy groups -OCH3 is 1. The van der Waals surface area contributed by atoms with Gasteiger partial charge in [-0.15, -0.1) is 0 Å². The second kappa shape index (κ2) is 7.53. The average Bonchev–Trinajstić information content (AvgIpc) is 3.07. The topological polar surface area (TPSA) is 68.2 Å². The van der Waals surface area contributed by atoms with Gasteiger partial charge in [0.05, 0.1) is 13.3 Å². The zero-order chi connectivity index (χ0) is 17.6. The van der Waals surface area contributed by atoms with Gasteiger partial charge in [0.2, 0.25) is 0 Å². The first-order chi connectivity index (χ1) is 12.2. The summed E-state index contributed by atoms with van der Waals surface area (Å²) in [7, 11) is 3.47. The Morgan fingerprint density at radius 3 is 2.68 bits per heavy atom. The molecular weight excluding hydrogens is 316 g/mol. The molecule has 0 radical (unpaired) electrons. The number of anilines is 1. The predicted molar refractivity (Wildman–Crippen MR) is 97.5 cm³/mol. The van der Waals surface area contributed by atoms with Crippen molar-refractivity contribution in [1.82, 2.24) is 15.1 Å². The molecule has 0 spiro atoms. The number of nitrogens with one attached hydrogen (secondary N) is 2. The van der Waals surface area contributed by atoms with E-state index in [9.17, 15) is 4.79 Å². The van der Waals surface area contributed by atoms with Crippen molar-refractivity contribution in [3.05, 3.63) is 66.5 Å². The highest BCUT2D eigenvalue weighted by Crippen LogP contribution is 2.32. The van der Waals surface area contributed by atoms with Crippen LogP contribution in [-0.4, -0.2) is 22.9 Å². The Bertz CT molecular complexity index is 859. The van der Waals surface area contributed by atoms with Crippen LogP contribution in [0.4, 0.5) is 10.5 Å². The number of aryl methyl sites for hydroxylation is 1. The van der Waals surface area contributed by atoms with Crippen molar-refractivity contribution in [2.45, 2.75) is 6.54 Å².